The van der Waals surface area contributed by atoms with E-state index in [0.717, 1.165) is 13.1 Å². The molecule has 20 nitrogen and oxygen atoms in total. The van der Waals surface area contributed by atoms with Crippen molar-refractivity contribution in [3.8, 4) is 17.4 Å². The van der Waals surface area contributed by atoms with Crippen molar-refractivity contribution >= 4 is 50.8 Å². The van der Waals surface area contributed by atoms with E-state index in [1.807, 2.05) is 0 Å². The highest BCUT2D eigenvalue weighted by atomic mass is 31.2. The predicted molar refractivity (Wildman–Crippen MR) is 185 cm³/mol. The van der Waals surface area contributed by atoms with Gasteiger partial charge in [0.05, 0.1) is 39.5 Å². The Kier molecular flexibility index (Phi) is 10.5. The number of imidazole rings is 1. The van der Waals surface area contributed by atoms with Crippen molar-refractivity contribution in [3.05, 3.63) is 30.6 Å². The smallest absolute Gasteiger partial charge is 0.480 e. The first-order valence-electron chi connectivity index (χ1n) is 16.9. The van der Waals surface area contributed by atoms with Crippen LogP contribution in [0.5, 0.6) is 17.4 Å². The zero-order valence-corrected chi connectivity index (χ0v) is 31.8. The first kappa shape index (κ1) is 39.1. The minimum atomic E-state index is -4.52. The fourth-order valence-corrected chi connectivity index (χ4v) is 9.20. The van der Waals surface area contributed by atoms with E-state index < -0.39 is 76.4 Å². The molecule has 1 aromatic carbocycles. The standard InChI is InChI=1S/C31H37F2N7O13P2/c1-6-20(41)37-21(44-5)12-35-27-30(3,32)23-18(48-27)13-46-54(42,52-23)50-16-9-8-10-17(11-16)51-55(43)47-14-19-24(53-55)31(4,33)28(49-19)40-15-36-22-25(40)38-29(34)39-26(22)45-7-2/h8-12,15,18-19,23-24,27-28H,6-7,13-14H2,1-5H3,(H2,34,38,39)/b35-12+,37-21+/t18-,19-,23-,24-,27-,28?,30-,31-,54?,55?/m1/s1. The molecule has 3 unspecified atom stereocenters. The number of nitrogens with zero attached hydrogens (tertiary/aromatic N) is 6. The molecule has 0 radical (unpaired) electrons. The molecule has 0 saturated carbocycles. The number of hydrogen-bond donors (Lipinski definition) is 1. The van der Waals surface area contributed by atoms with Crippen LogP contribution >= 0.6 is 15.6 Å². The molecule has 0 spiro atoms. The average Bonchev–Trinajstić information content (AvgIpc) is 3.74. The number of ether oxygens (including phenoxy) is 4. The average molecular weight is 816 g/mol. The van der Waals surface area contributed by atoms with Gasteiger partial charge in [0.2, 0.25) is 23.6 Å². The number of halogens is 2. The number of phosphoric acid groups is 2. The van der Waals surface area contributed by atoms with Crippen molar-refractivity contribution < 1.29 is 68.8 Å². The van der Waals surface area contributed by atoms with Crippen molar-refractivity contribution in [1.29, 1.82) is 0 Å². The van der Waals surface area contributed by atoms with E-state index in [0.29, 0.717) is 0 Å². The van der Waals surface area contributed by atoms with E-state index in [1.165, 1.54) is 49.2 Å². The van der Waals surface area contributed by atoms with E-state index >= 15 is 8.78 Å². The van der Waals surface area contributed by atoms with E-state index in [9.17, 15) is 13.9 Å². The summed E-state index contributed by atoms with van der Waals surface area (Å²) in [5, 5.41) is 0. The Labute approximate surface area is 311 Å². The van der Waals surface area contributed by atoms with Crippen LogP contribution in [0.3, 0.4) is 0 Å². The van der Waals surface area contributed by atoms with Gasteiger partial charge in [-0.1, -0.05) is 13.0 Å². The van der Waals surface area contributed by atoms with E-state index in [2.05, 4.69) is 24.9 Å². The SMILES string of the molecule is CCOc1nc(N)nc2c1ncn2C1O[C@@H]2COP(=O)(Oc3cccc(OP4(=O)OC[C@H]5O[C@@H](/N=C/C(=N\C(=O)CC)OC)[C@](C)(F)[C@@H]5O4)c3)O[C@H]2[C@@]1(C)F. The molecular weight excluding hydrogens is 778 g/mol. The third kappa shape index (κ3) is 7.57. The third-order valence-corrected chi connectivity index (χ3v) is 11.7. The van der Waals surface area contributed by atoms with Crippen molar-refractivity contribution in [1.82, 2.24) is 19.5 Å². The number of anilines is 1. The Bertz CT molecular complexity index is 2120. The first-order chi connectivity index (χ1) is 26.1. The summed E-state index contributed by atoms with van der Waals surface area (Å²) >= 11 is 0. The lowest BCUT2D eigenvalue weighted by atomic mass is 9.98. The number of benzene rings is 1. The molecule has 298 valence electrons. The number of nitrogen functional groups attached to an aromatic ring is 1. The number of phosphoric ester groups is 2. The van der Waals surface area contributed by atoms with Crippen LogP contribution in [0.4, 0.5) is 14.7 Å². The van der Waals surface area contributed by atoms with Crippen molar-refractivity contribution in [2.75, 3.05) is 32.7 Å². The third-order valence-electron chi connectivity index (χ3n) is 8.89. The van der Waals surface area contributed by atoms with Gasteiger partial charge in [-0.15, -0.1) is 0 Å². The fraction of sp³-hybridized carbons (Fsp3) is 0.548. The predicted octanol–water partition coefficient (Wildman–Crippen LogP) is 4.44. The molecule has 3 aromatic rings. The van der Waals surface area contributed by atoms with Gasteiger partial charge in [-0.25, -0.2) is 22.9 Å². The molecule has 4 aliphatic rings. The minimum absolute atomic E-state index is 0.109. The number of amides is 1. The molecule has 4 saturated heterocycles. The number of carbonyl (C=O) groups excluding carboxylic acids is 1. The van der Waals surface area contributed by atoms with Gasteiger partial charge in [0.25, 0.3) is 0 Å². The molecule has 0 bridgehead atoms. The van der Waals surface area contributed by atoms with E-state index in [-0.39, 0.29) is 60.0 Å². The van der Waals surface area contributed by atoms with E-state index in [1.54, 1.807) is 13.8 Å². The zero-order chi connectivity index (χ0) is 39.3. The first-order valence-corrected chi connectivity index (χ1v) is 19.9. The van der Waals surface area contributed by atoms with Gasteiger partial charge in [0.15, 0.2) is 35.0 Å². The highest BCUT2D eigenvalue weighted by Gasteiger charge is 2.63. The van der Waals surface area contributed by atoms with Gasteiger partial charge in [-0.2, -0.15) is 15.0 Å². The van der Waals surface area contributed by atoms with Crippen LogP contribution in [0.2, 0.25) is 0 Å². The van der Waals surface area contributed by atoms with Crippen LogP contribution in [-0.4, -0.2) is 106 Å². The van der Waals surface area contributed by atoms with Gasteiger partial charge in [-0.05, 0) is 32.9 Å². The number of hydrogen-bond acceptors (Lipinski definition) is 18. The summed E-state index contributed by atoms with van der Waals surface area (Å²) in [6.45, 7) is 5.19. The number of nitrogens with two attached hydrogens (primary N) is 1. The molecule has 7 rings (SSSR count). The Morgan fingerprint density at radius 3 is 2.29 bits per heavy atom. The van der Waals surface area contributed by atoms with Gasteiger partial charge in [0, 0.05) is 12.5 Å². The molecule has 55 heavy (non-hydrogen) atoms. The monoisotopic (exact) mass is 815 g/mol. The molecule has 0 aliphatic carbocycles. The van der Waals surface area contributed by atoms with Gasteiger partial charge in [0.1, 0.15) is 35.9 Å². The van der Waals surface area contributed by atoms with Crippen LogP contribution in [0.1, 0.15) is 40.3 Å². The van der Waals surface area contributed by atoms with Crippen molar-refractivity contribution in [2.45, 2.75) is 82.3 Å². The van der Waals surface area contributed by atoms with Crippen LogP contribution in [0, 0.1) is 0 Å². The van der Waals surface area contributed by atoms with Crippen molar-refractivity contribution in [2.24, 2.45) is 9.98 Å². The summed E-state index contributed by atoms with van der Waals surface area (Å²) in [6, 6.07) is 5.28. The second-order valence-electron chi connectivity index (χ2n) is 12.9. The number of aromatic nitrogens is 4. The summed E-state index contributed by atoms with van der Waals surface area (Å²) in [6.07, 6.45) is -5.34. The second kappa shape index (κ2) is 14.7. The normalized spacial score (nSPS) is 36.1. The molecule has 24 heteroatoms. The van der Waals surface area contributed by atoms with E-state index in [4.69, 9.17) is 51.8 Å². The summed E-state index contributed by atoms with van der Waals surface area (Å²) in [5.41, 5.74) is 1.55. The highest BCUT2D eigenvalue weighted by Crippen LogP contribution is 2.61. The molecule has 10 atom stereocenters. The number of aliphatic imine (C=N–C) groups is 2. The fourth-order valence-electron chi connectivity index (χ4n) is 6.25. The maximum absolute atomic E-state index is 16.6. The van der Waals surface area contributed by atoms with Gasteiger partial charge in [-0.3, -0.25) is 32.4 Å². The molecule has 2 N–H and O–H groups in total. The Balaban J connectivity index is 1.02. The topological polar surface area (TPSA) is 238 Å². The zero-order valence-electron chi connectivity index (χ0n) is 30.0. The summed E-state index contributed by atoms with van der Waals surface area (Å²) in [7, 11) is -7.75. The largest absolute Gasteiger partial charge is 0.530 e. The quantitative estimate of drug-likeness (QED) is 0.169. The summed E-state index contributed by atoms with van der Waals surface area (Å²) in [4.78, 5) is 31.9. The number of methoxy groups -OCH3 is 1. The number of alkyl halides is 2. The van der Waals surface area contributed by atoms with Crippen LogP contribution in [0.15, 0.2) is 40.6 Å². The Morgan fingerprint density at radius 2 is 1.67 bits per heavy atom. The molecule has 4 fully saturated rings. The Morgan fingerprint density at radius 1 is 1.04 bits per heavy atom. The van der Waals surface area contributed by atoms with Crippen LogP contribution < -0.4 is 19.5 Å². The summed E-state index contributed by atoms with van der Waals surface area (Å²) < 4.78 is 117. The highest BCUT2D eigenvalue weighted by molar-refractivity contribution is 7.49. The molecular formula is C31H37F2N7O13P2. The van der Waals surface area contributed by atoms with Crippen LogP contribution in [-0.2, 0) is 46.2 Å². The molecule has 2 aromatic heterocycles. The molecule has 4 aliphatic heterocycles. The maximum atomic E-state index is 16.6. The summed E-state index contributed by atoms with van der Waals surface area (Å²) in [5.74, 6) is -0.976. The van der Waals surface area contributed by atoms with Gasteiger partial charge >= 0.3 is 15.6 Å². The lowest BCUT2D eigenvalue weighted by Crippen LogP contribution is -2.45. The van der Waals surface area contributed by atoms with Crippen molar-refractivity contribution in [3.63, 3.8) is 0 Å². The number of fused-ring (bicyclic) bond motifs is 3. The lowest BCUT2D eigenvalue weighted by molar-refractivity contribution is -0.117. The second-order valence-corrected chi connectivity index (χ2v) is 16.0. The number of rotatable bonds is 10. The number of carbonyl (C=O) groups is 1. The Hall–Kier alpha value is -4.14. The minimum Gasteiger partial charge on any atom is -0.480 e. The maximum Gasteiger partial charge on any atom is 0.530 e. The van der Waals surface area contributed by atoms with Crippen LogP contribution in [0.25, 0.3) is 11.2 Å². The molecule has 6 heterocycles. The molecule has 1 amide bonds. The lowest BCUT2D eigenvalue weighted by Gasteiger charge is -2.34. The van der Waals surface area contributed by atoms with Gasteiger partial charge < -0.3 is 33.7 Å².